The number of carbonyl (C=O) groups excluding carboxylic acids is 2. The van der Waals surface area contributed by atoms with Crippen LogP contribution in [-0.2, 0) is 15.1 Å². The fourth-order valence-electron chi connectivity index (χ4n) is 3.09. The summed E-state index contributed by atoms with van der Waals surface area (Å²) in [6.45, 7) is 5.92. The smallest absolute Gasteiger partial charge is 0.224 e. The van der Waals surface area contributed by atoms with Gasteiger partial charge in [-0.25, -0.2) is 0 Å². The van der Waals surface area contributed by atoms with Crippen LogP contribution in [0, 0.1) is 0 Å². The van der Waals surface area contributed by atoms with Gasteiger partial charge in [0, 0.05) is 18.5 Å². The van der Waals surface area contributed by atoms with Crippen molar-refractivity contribution in [1.82, 2.24) is 10.6 Å². The summed E-state index contributed by atoms with van der Waals surface area (Å²) in [5, 5.41) is 6.19. The maximum absolute atomic E-state index is 12.4. The Morgan fingerprint density at radius 2 is 1.39 bits per heavy atom. The second-order valence-corrected chi connectivity index (χ2v) is 7.09. The average Bonchev–Trinajstić information content (AvgIpc) is 2.69. The van der Waals surface area contributed by atoms with Crippen LogP contribution < -0.4 is 10.6 Å². The van der Waals surface area contributed by atoms with E-state index in [1.165, 1.54) is 0 Å². The van der Waals surface area contributed by atoms with E-state index in [1.54, 1.807) is 0 Å². The normalized spacial score (nSPS) is 13.5. The lowest BCUT2D eigenvalue weighted by molar-refractivity contribution is -0.122. The Bertz CT molecular complexity index is 800. The Morgan fingerprint density at radius 1 is 0.857 bits per heavy atom. The summed E-state index contributed by atoms with van der Waals surface area (Å²) < 4.78 is 0. The Morgan fingerprint density at radius 3 is 1.96 bits per heavy atom. The predicted molar refractivity (Wildman–Crippen MR) is 114 cm³/mol. The fourth-order valence-corrected chi connectivity index (χ4v) is 3.09. The topological polar surface area (TPSA) is 58.2 Å². The van der Waals surface area contributed by atoms with Crippen LogP contribution in [-0.4, -0.2) is 11.8 Å². The molecule has 0 saturated carbocycles. The molecule has 2 amide bonds. The van der Waals surface area contributed by atoms with Gasteiger partial charge in [0.05, 0.1) is 5.54 Å². The van der Waals surface area contributed by atoms with Gasteiger partial charge in [0.1, 0.15) is 0 Å². The van der Waals surface area contributed by atoms with E-state index in [2.05, 4.69) is 10.6 Å². The molecule has 1 atom stereocenters. The summed E-state index contributed by atoms with van der Waals surface area (Å²) in [5.74, 6) is -0.0506. The van der Waals surface area contributed by atoms with E-state index in [0.717, 1.165) is 24.0 Å². The number of amides is 2. The maximum atomic E-state index is 12.4. The van der Waals surface area contributed by atoms with Crippen molar-refractivity contribution < 1.29 is 9.59 Å². The monoisotopic (exact) mass is 378 g/mol. The van der Waals surface area contributed by atoms with Crippen molar-refractivity contribution in [2.75, 3.05) is 0 Å². The molecule has 2 aromatic rings. The van der Waals surface area contributed by atoms with Gasteiger partial charge in [0.25, 0.3) is 0 Å². The van der Waals surface area contributed by atoms with E-state index in [9.17, 15) is 9.59 Å². The minimum atomic E-state index is -0.752. The van der Waals surface area contributed by atoms with Gasteiger partial charge in [-0.3, -0.25) is 9.59 Å². The molecule has 28 heavy (non-hydrogen) atoms. The molecule has 2 aromatic carbocycles. The minimum Gasteiger partial charge on any atom is -0.343 e. The molecular weight excluding hydrogens is 348 g/mol. The van der Waals surface area contributed by atoms with Crippen LogP contribution >= 0.6 is 0 Å². The van der Waals surface area contributed by atoms with Crippen molar-refractivity contribution in [3.8, 4) is 0 Å². The van der Waals surface area contributed by atoms with Crippen LogP contribution in [0.15, 0.2) is 66.7 Å². The lowest BCUT2D eigenvalue weighted by atomic mass is 9.89. The highest BCUT2D eigenvalue weighted by molar-refractivity contribution is 5.87. The highest BCUT2D eigenvalue weighted by Gasteiger charge is 2.27. The molecule has 0 radical (unpaired) electrons. The minimum absolute atomic E-state index is 0.0163. The first kappa shape index (κ1) is 21.4. The lowest BCUT2D eigenvalue weighted by Crippen LogP contribution is -2.42. The SMILES string of the molecule is CCCC(=O)N/C(=C/C(C)(NC(=O)CCC)c1ccccc1)c1ccccc1. The molecule has 0 saturated heterocycles. The van der Waals surface area contributed by atoms with E-state index < -0.39 is 5.54 Å². The highest BCUT2D eigenvalue weighted by atomic mass is 16.2. The first-order valence-electron chi connectivity index (χ1n) is 9.93. The van der Waals surface area contributed by atoms with Gasteiger partial charge in [-0.15, -0.1) is 0 Å². The standard InChI is InChI=1S/C24H30N2O2/c1-4-12-22(27)25-21(19-14-8-6-9-15-19)18-24(3,26-23(28)13-5-2)20-16-10-7-11-17-20/h6-11,14-18H,4-5,12-13H2,1-3H3,(H,25,27)(H,26,28)/b21-18+. The number of rotatable bonds is 9. The third-order valence-corrected chi connectivity index (χ3v) is 4.52. The molecule has 0 heterocycles. The third kappa shape index (κ3) is 6.08. The van der Waals surface area contributed by atoms with Crippen molar-refractivity contribution in [2.45, 2.75) is 52.0 Å². The molecule has 0 spiro atoms. The summed E-state index contributed by atoms with van der Waals surface area (Å²) in [6, 6.07) is 19.5. The number of hydrogen-bond donors (Lipinski definition) is 2. The van der Waals surface area contributed by atoms with E-state index in [1.807, 2.05) is 87.5 Å². The van der Waals surface area contributed by atoms with Crippen LogP contribution in [0.2, 0.25) is 0 Å². The van der Waals surface area contributed by atoms with Crippen molar-refractivity contribution in [1.29, 1.82) is 0 Å². The summed E-state index contributed by atoms with van der Waals surface area (Å²) in [5.41, 5.74) is 1.80. The Balaban J connectivity index is 2.50. The van der Waals surface area contributed by atoms with Crippen LogP contribution in [0.1, 0.15) is 57.6 Å². The van der Waals surface area contributed by atoms with E-state index >= 15 is 0 Å². The summed E-state index contributed by atoms with van der Waals surface area (Å²) in [7, 11) is 0. The quantitative estimate of drug-likeness (QED) is 0.660. The fraction of sp³-hybridized carbons (Fsp3) is 0.333. The average molecular weight is 379 g/mol. The van der Waals surface area contributed by atoms with E-state index in [4.69, 9.17) is 0 Å². The number of carbonyl (C=O) groups is 2. The van der Waals surface area contributed by atoms with Gasteiger partial charge in [-0.2, -0.15) is 0 Å². The van der Waals surface area contributed by atoms with Crippen LogP contribution in [0.25, 0.3) is 5.70 Å². The first-order chi connectivity index (χ1) is 13.5. The molecular formula is C24H30N2O2. The second kappa shape index (κ2) is 10.5. The van der Waals surface area contributed by atoms with Gasteiger partial charge in [0.2, 0.25) is 11.8 Å². The second-order valence-electron chi connectivity index (χ2n) is 7.09. The number of nitrogens with one attached hydrogen (secondary N) is 2. The predicted octanol–water partition coefficient (Wildman–Crippen LogP) is 4.78. The first-order valence-corrected chi connectivity index (χ1v) is 9.93. The van der Waals surface area contributed by atoms with Crippen LogP contribution in [0.4, 0.5) is 0 Å². The van der Waals surface area contributed by atoms with Crippen molar-refractivity contribution in [2.24, 2.45) is 0 Å². The van der Waals surface area contributed by atoms with E-state index in [0.29, 0.717) is 18.5 Å². The zero-order valence-corrected chi connectivity index (χ0v) is 17.0. The zero-order valence-electron chi connectivity index (χ0n) is 17.0. The molecule has 0 aliphatic rings. The Kier molecular flexibility index (Phi) is 8.00. The van der Waals surface area contributed by atoms with Crippen molar-refractivity contribution in [3.63, 3.8) is 0 Å². The maximum Gasteiger partial charge on any atom is 0.224 e. The Hall–Kier alpha value is -2.88. The van der Waals surface area contributed by atoms with Crippen molar-refractivity contribution >= 4 is 17.5 Å². The number of hydrogen-bond acceptors (Lipinski definition) is 2. The summed E-state index contributed by atoms with van der Waals surface area (Å²) in [4.78, 5) is 24.8. The molecule has 0 aliphatic heterocycles. The zero-order chi connectivity index (χ0) is 20.4. The number of benzene rings is 2. The lowest BCUT2D eigenvalue weighted by Gasteiger charge is -2.30. The molecule has 4 nitrogen and oxygen atoms in total. The molecule has 2 N–H and O–H groups in total. The highest BCUT2D eigenvalue weighted by Crippen LogP contribution is 2.27. The van der Waals surface area contributed by atoms with Crippen LogP contribution in [0.3, 0.4) is 0 Å². The van der Waals surface area contributed by atoms with E-state index in [-0.39, 0.29) is 11.8 Å². The van der Waals surface area contributed by atoms with Crippen LogP contribution in [0.5, 0.6) is 0 Å². The molecule has 0 aromatic heterocycles. The molecule has 148 valence electrons. The molecule has 0 fully saturated rings. The molecule has 0 aliphatic carbocycles. The Labute approximate surface area is 168 Å². The molecule has 2 rings (SSSR count). The summed E-state index contributed by atoms with van der Waals surface area (Å²) >= 11 is 0. The van der Waals surface area contributed by atoms with Gasteiger partial charge in [-0.1, -0.05) is 74.5 Å². The molecule has 4 heteroatoms. The third-order valence-electron chi connectivity index (χ3n) is 4.52. The molecule has 0 bridgehead atoms. The van der Waals surface area contributed by atoms with Gasteiger partial charge < -0.3 is 10.6 Å². The summed E-state index contributed by atoms with van der Waals surface area (Å²) in [6.07, 6.45) is 4.41. The van der Waals surface area contributed by atoms with Crippen molar-refractivity contribution in [3.05, 3.63) is 77.9 Å². The van der Waals surface area contributed by atoms with Gasteiger partial charge in [-0.05, 0) is 37.0 Å². The van der Waals surface area contributed by atoms with Gasteiger partial charge >= 0.3 is 0 Å². The molecule has 1 unspecified atom stereocenters. The van der Waals surface area contributed by atoms with Gasteiger partial charge in [0.15, 0.2) is 0 Å². The largest absolute Gasteiger partial charge is 0.343 e.